The molecule has 1 aliphatic rings. The van der Waals surface area contributed by atoms with Crippen molar-refractivity contribution in [3.8, 4) is 0 Å². The zero-order chi connectivity index (χ0) is 16.4. The lowest BCUT2D eigenvalue weighted by atomic mass is 10.1. The molecule has 1 saturated heterocycles. The van der Waals surface area contributed by atoms with Crippen molar-refractivity contribution in [1.82, 2.24) is 24.5 Å². The Morgan fingerprint density at radius 3 is 2.14 bits per heavy atom. The van der Waals surface area contributed by atoms with E-state index in [2.05, 4.69) is 18.9 Å². The first-order chi connectivity index (χ1) is 10.3. The summed E-state index contributed by atoms with van der Waals surface area (Å²) in [7, 11) is 5.27. The molecular weight excluding hydrogens is 282 g/mol. The summed E-state index contributed by atoms with van der Waals surface area (Å²) in [6.07, 6.45) is 0. The fourth-order valence-electron chi connectivity index (χ4n) is 2.52. The highest BCUT2D eigenvalue weighted by Gasteiger charge is 2.27. The van der Waals surface area contributed by atoms with Gasteiger partial charge >= 0.3 is 6.03 Å². The van der Waals surface area contributed by atoms with E-state index in [-0.39, 0.29) is 11.9 Å². The van der Waals surface area contributed by atoms with Gasteiger partial charge in [-0.1, -0.05) is 13.8 Å². The third kappa shape index (κ3) is 3.23. The van der Waals surface area contributed by atoms with Crippen LogP contribution in [-0.4, -0.2) is 76.7 Å². The minimum atomic E-state index is -0.0150. The quantitative estimate of drug-likeness (QED) is 0.818. The highest BCUT2D eigenvalue weighted by Crippen LogP contribution is 2.16. The highest BCUT2D eigenvalue weighted by atomic mass is 16.2. The fourth-order valence-corrected chi connectivity index (χ4v) is 2.52. The predicted octanol–water partition coefficient (Wildman–Crippen LogP) is 0.983. The molecule has 3 amide bonds. The Balaban J connectivity index is 2.02. The molecule has 7 nitrogen and oxygen atoms in total. The van der Waals surface area contributed by atoms with Gasteiger partial charge in [0.2, 0.25) is 0 Å². The molecule has 0 aromatic carbocycles. The van der Waals surface area contributed by atoms with Crippen molar-refractivity contribution in [2.75, 3.05) is 40.3 Å². The summed E-state index contributed by atoms with van der Waals surface area (Å²) in [6, 6.07) is 1.86. The molecule has 0 saturated carbocycles. The Morgan fingerprint density at radius 2 is 1.68 bits per heavy atom. The monoisotopic (exact) mass is 307 g/mol. The number of rotatable bonds is 2. The van der Waals surface area contributed by atoms with Crippen LogP contribution < -0.4 is 0 Å². The standard InChI is InChI=1S/C15H25N5O2/c1-11(2)12-10-13(18(5)16-12)14(21)19-6-8-20(9-7-19)15(22)17(3)4/h10-11H,6-9H2,1-5H3. The molecular formula is C15H25N5O2. The smallest absolute Gasteiger partial charge is 0.319 e. The van der Waals surface area contributed by atoms with E-state index in [4.69, 9.17) is 0 Å². The van der Waals surface area contributed by atoms with Crippen LogP contribution in [0.4, 0.5) is 4.79 Å². The van der Waals surface area contributed by atoms with E-state index in [1.54, 1.807) is 40.5 Å². The van der Waals surface area contributed by atoms with Gasteiger partial charge in [0.1, 0.15) is 5.69 Å². The predicted molar refractivity (Wildman–Crippen MR) is 83.9 cm³/mol. The Hall–Kier alpha value is -2.05. The normalized spacial score (nSPS) is 15.4. The Bertz CT molecular complexity index is 556. The molecule has 1 fully saturated rings. The van der Waals surface area contributed by atoms with Crippen molar-refractivity contribution in [2.45, 2.75) is 19.8 Å². The Morgan fingerprint density at radius 1 is 1.14 bits per heavy atom. The van der Waals surface area contributed by atoms with E-state index in [0.717, 1.165) is 5.69 Å². The summed E-state index contributed by atoms with van der Waals surface area (Å²) in [6.45, 7) is 6.36. The van der Waals surface area contributed by atoms with Crippen molar-refractivity contribution in [2.24, 2.45) is 7.05 Å². The molecule has 2 heterocycles. The second-order valence-electron chi connectivity index (χ2n) is 6.19. The number of carbonyl (C=O) groups is 2. The van der Waals surface area contributed by atoms with Gasteiger partial charge < -0.3 is 14.7 Å². The van der Waals surface area contributed by atoms with E-state index in [1.165, 1.54) is 0 Å². The number of aromatic nitrogens is 2. The van der Waals surface area contributed by atoms with Crippen LogP contribution in [0.15, 0.2) is 6.07 Å². The Kier molecular flexibility index (Phi) is 4.73. The van der Waals surface area contributed by atoms with Gasteiger partial charge in [-0.05, 0) is 12.0 Å². The average Bonchev–Trinajstić information content (AvgIpc) is 2.88. The van der Waals surface area contributed by atoms with Crippen LogP contribution in [0.25, 0.3) is 0 Å². The summed E-state index contributed by atoms with van der Waals surface area (Å²) >= 11 is 0. The maximum Gasteiger partial charge on any atom is 0.319 e. The zero-order valence-electron chi connectivity index (χ0n) is 14.0. The topological polar surface area (TPSA) is 61.7 Å². The van der Waals surface area contributed by atoms with Crippen LogP contribution in [0.3, 0.4) is 0 Å². The molecule has 0 spiro atoms. The second kappa shape index (κ2) is 6.37. The summed E-state index contributed by atoms with van der Waals surface area (Å²) < 4.78 is 1.65. The SMILES string of the molecule is CC(C)c1cc(C(=O)N2CCN(C(=O)N(C)C)CC2)n(C)n1. The molecule has 0 N–H and O–H groups in total. The lowest BCUT2D eigenvalue weighted by molar-refractivity contribution is 0.0639. The molecule has 22 heavy (non-hydrogen) atoms. The van der Waals surface area contributed by atoms with Gasteiger partial charge in [-0.3, -0.25) is 9.48 Å². The molecule has 2 rings (SSSR count). The van der Waals surface area contributed by atoms with E-state index >= 15 is 0 Å². The largest absolute Gasteiger partial charge is 0.334 e. The average molecular weight is 307 g/mol. The Labute approximate surface area is 131 Å². The number of hydrogen-bond acceptors (Lipinski definition) is 3. The molecule has 1 aromatic rings. The number of piperazine rings is 1. The maximum absolute atomic E-state index is 12.6. The molecule has 0 atom stereocenters. The second-order valence-corrected chi connectivity index (χ2v) is 6.19. The molecule has 0 bridgehead atoms. The van der Waals surface area contributed by atoms with E-state index in [1.807, 2.05) is 6.07 Å². The number of hydrogen-bond donors (Lipinski definition) is 0. The minimum absolute atomic E-state index is 0.00488. The van der Waals surface area contributed by atoms with Crippen LogP contribution in [0.5, 0.6) is 0 Å². The fraction of sp³-hybridized carbons (Fsp3) is 0.667. The molecule has 1 aliphatic heterocycles. The summed E-state index contributed by atoms with van der Waals surface area (Å²) in [5, 5.41) is 4.39. The van der Waals surface area contributed by atoms with Crippen LogP contribution in [0.1, 0.15) is 35.9 Å². The maximum atomic E-state index is 12.6. The lowest BCUT2D eigenvalue weighted by Gasteiger charge is -2.35. The van der Waals surface area contributed by atoms with Crippen molar-refractivity contribution in [3.63, 3.8) is 0 Å². The minimum Gasteiger partial charge on any atom is -0.334 e. The summed E-state index contributed by atoms with van der Waals surface area (Å²) in [5.74, 6) is 0.279. The molecule has 122 valence electrons. The first-order valence-electron chi connectivity index (χ1n) is 7.60. The third-order valence-electron chi connectivity index (χ3n) is 3.93. The van der Waals surface area contributed by atoms with Gasteiger partial charge in [0.05, 0.1) is 5.69 Å². The lowest BCUT2D eigenvalue weighted by Crippen LogP contribution is -2.53. The first-order valence-corrected chi connectivity index (χ1v) is 7.60. The highest BCUT2D eigenvalue weighted by molar-refractivity contribution is 5.93. The van der Waals surface area contributed by atoms with Crippen LogP contribution >= 0.6 is 0 Å². The van der Waals surface area contributed by atoms with Crippen molar-refractivity contribution in [3.05, 3.63) is 17.5 Å². The van der Waals surface area contributed by atoms with E-state index < -0.39 is 0 Å². The van der Waals surface area contributed by atoms with Crippen LogP contribution in [0.2, 0.25) is 0 Å². The number of amides is 3. The van der Waals surface area contributed by atoms with E-state index in [9.17, 15) is 9.59 Å². The zero-order valence-corrected chi connectivity index (χ0v) is 14.0. The molecule has 0 radical (unpaired) electrons. The molecule has 0 aliphatic carbocycles. The summed E-state index contributed by atoms with van der Waals surface area (Å²) in [5.41, 5.74) is 1.53. The van der Waals surface area contributed by atoms with Gasteiger partial charge in [-0.2, -0.15) is 5.10 Å². The van der Waals surface area contributed by atoms with Gasteiger partial charge in [0.15, 0.2) is 0 Å². The van der Waals surface area contributed by atoms with Gasteiger partial charge in [0.25, 0.3) is 5.91 Å². The third-order valence-corrected chi connectivity index (χ3v) is 3.93. The number of nitrogens with zero attached hydrogens (tertiary/aromatic N) is 5. The van der Waals surface area contributed by atoms with E-state index in [0.29, 0.717) is 37.8 Å². The van der Waals surface area contributed by atoms with Crippen molar-refractivity contribution in [1.29, 1.82) is 0 Å². The molecule has 1 aromatic heterocycles. The van der Waals surface area contributed by atoms with Gasteiger partial charge in [-0.25, -0.2) is 4.79 Å². The number of carbonyl (C=O) groups excluding carboxylic acids is 2. The van der Waals surface area contributed by atoms with Crippen LogP contribution in [-0.2, 0) is 7.05 Å². The van der Waals surface area contributed by atoms with Gasteiger partial charge in [0, 0.05) is 47.3 Å². The number of aryl methyl sites for hydroxylation is 1. The first kappa shape index (κ1) is 16.3. The number of urea groups is 1. The molecule has 7 heteroatoms. The van der Waals surface area contributed by atoms with Crippen LogP contribution in [0, 0.1) is 0 Å². The van der Waals surface area contributed by atoms with Crippen molar-refractivity contribution < 1.29 is 9.59 Å². The summed E-state index contributed by atoms with van der Waals surface area (Å²) in [4.78, 5) is 29.7. The molecule has 0 unspecified atom stereocenters. The van der Waals surface area contributed by atoms with Crippen molar-refractivity contribution >= 4 is 11.9 Å². The van der Waals surface area contributed by atoms with Gasteiger partial charge in [-0.15, -0.1) is 0 Å².